The lowest BCUT2D eigenvalue weighted by Gasteiger charge is -2.38. The predicted octanol–water partition coefficient (Wildman–Crippen LogP) is 1.91. The number of non-ortho nitro benzene ring substituents is 1. The summed E-state index contributed by atoms with van der Waals surface area (Å²) in [6.45, 7) is 0. The van der Waals surface area contributed by atoms with Crippen LogP contribution in [0.1, 0.15) is 16.4 Å². The highest BCUT2D eigenvalue weighted by Gasteiger charge is 2.44. The fourth-order valence-corrected chi connectivity index (χ4v) is 5.39. The van der Waals surface area contributed by atoms with Crippen LogP contribution in [0.25, 0.3) is 0 Å². The maximum atomic E-state index is 11.6. The molecule has 0 saturated heterocycles. The van der Waals surface area contributed by atoms with Crippen molar-refractivity contribution in [1.82, 2.24) is 4.98 Å². The van der Waals surface area contributed by atoms with Crippen LogP contribution in [0.5, 0.6) is 5.75 Å². The minimum atomic E-state index is -0.989. The van der Waals surface area contributed by atoms with Gasteiger partial charge in [0.15, 0.2) is 0 Å². The van der Waals surface area contributed by atoms with Gasteiger partial charge in [0.05, 0.1) is 9.95 Å². The molecule has 7 nitrogen and oxygen atoms in total. The van der Waals surface area contributed by atoms with Crippen LogP contribution in [0.15, 0.2) is 28.0 Å². The standard InChI is InChI=1S/C13H10N2O5S2/c16-12-7-4-21-11-10(22-13(17)14-11)9(7)6-3-5(15(18)19)1-2-8(6)20-12/h1-3,7,9,12,16H,4H2,(H,14,17)/t7-,9+,12+/m1/s1. The molecule has 2 aliphatic rings. The van der Waals surface area contributed by atoms with Crippen molar-refractivity contribution in [2.45, 2.75) is 17.2 Å². The van der Waals surface area contributed by atoms with Crippen molar-refractivity contribution in [3.05, 3.63) is 48.4 Å². The largest absolute Gasteiger partial charge is 0.464 e. The SMILES string of the molecule is O=c1[nH]c2c(s1)[C@H]1c3cc([N+](=O)[O-])ccc3O[C@H](O)[C@@H]1CS2. The van der Waals surface area contributed by atoms with Crippen LogP contribution >= 0.6 is 23.1 Å². The van der Waals surface area contributed by atoms with Crippen LogP contribution in [-0.4, -0.2) is 27.1 Å². The fraction of sp³-hybridized carbons (Fsp3) is 0.308. The van der Waals surface area contributed by atoms with Gasteiger partial charge in [0, 0.05) is 40.2 Å². The summed E-state index contributed by atoms with van der Waals surface area (Å²) in [5.41, 5.74) is 0.626. The Balaban J connectivity index is 1.93. The van der Waals surface area contributed by atoms with Crippen LogP contribution in [0.2, 0.25) is 0 Å². The minimum absolute atomic E-state index is 0.0276. The first kappa shape index (κ1) is 13.8. The molecule has 0 fully saturated rings. The zero-order chi connectivity index (χ0) is 15.4. The van der Waals surface area contributed by atoms with Crippen molar-refractivity contribution in [1.29, 1.82) is 0 Å². The van der Waals surface area contributed by atoms with Gasteiger partial charge < -0.3 is 14.8 Å². The Morgan fingerprint density at radius 2 is 2.27 bits per heavy atom. The van der Waals surface area contributed by atoms with E-state index in [0.717, 1.165) is 21.2 Å². The number of rotatable bonds is 1. The molecule has 3 heterocycles. The third-order valence-electron chi connectivity index (χ3n) is 3.93. The number of nitrogens with one attached hydrogen (secondary N) is 1. The number of ether oxygens (including phenoxy) is 1. The number of aliphatic hydroxyl groups is 1. The summed E-state index contributed by atoms with van der Waals surface area (Å²) in [7, 11) is 0. The van der Waals surface area contributed by atoms with Crippen molar-refractivity contribution in [2.24, 2.45) is 5.92 Å². The lowest BCUT2D eigenvalue weighted by Crippen LogP contribution is -2.39. The number of benzene rings is 1. The number of aromatic nitrogens is 1. The maximum absolute atomic E-state index is 11.6. The second-order valence-electron chi connectivity index (χ2n) is 5.15. The molecule has 2 aliphatic heterocycles. The Morgan fingerprint density at radius 3 is 3.05 bits per heavy atom. The third kappa shape index (κ3) is 1.97. The summed E-state index contributed by atoms with van der Waals surface area (Å²) >= 11 is 2.55. The average molecular weight is 338 g/mol. The van der Waals surface area contributed by atoms with Gasteiger partial charge in [-0.15, -0.1) is 11.8 Å². The van der Waals surface area contributed by atoms with E-state index < -0.39 is 11.2 Å². The number of nitro groups is 1. The molecular weight excluding hydrogens is 328 g/mol. The van der Waals surface area contributed by atoms with Gasteiger partial charge in [0.1, 0.15) is 5.75 Å². The number of hydrogen-bond acceptors (Lipinski definition) is 7. The monoisotopic (exact) mass is 338 g/mol. The molecule has 0 bridgehead atoms. The zero-order valence-electron chi connectivity index (χ0n) is 11.0. The number of nitrogens with zero attached hydrogens (tertiary/aromatic N) is 1. The highest BCUT2D eigenvalue weighted by atomic mass is 32.2. The molecule has 9 heteroatoms. The van der Waals surface area contributed by atoms with Crippen LogP contribution < -0.4 is 9.61 Å². The number of thiazole rings is 1. The molecule has 4 rings (SSSR count). The van der Waals surface area contributed by atoms with Gasteiger partial charge in [-0.05, 0) is 6.07 Å². The normalized spacial score (nSPS) is 25.6. The molecule has 2 aromatic rings. The van der Waals surface area contributed by atoms with E-state index in [1.165, 1.54) is 30.0 Å². The first-order valence-corrected chi connectivity index (χ1v) is 8.33. The van der Waals surface area contributed by atoms with E-state index in [1.54, 1.807) is 0 Å². The fourth-order valence-electron chi connectivity index (χ4n) is 2.94. The lowest BCUT2D eigenvalue weighted by atomic mass is 9.82. The Hall–Kier alpha value is -1.84. The highest BCUT2D eigenvalue weighted by Crippen LogP contribution is 2.51. The van der Waals surface area contributed by atoms with Crippen LogP contribution in [0, 0.1) is 16.0 Å². The van der Waals surface area contributed by atoms with Gasteiger partial charge in [0.2, 0.25) is 6.29 Å². The van der Waals surface area contributed by atoms with Crippen molar-refractivity contribution in [3.8, 4) is 5.75 Å². The summed E-state index contributed by atoms with van der Waals surface area (Å²) in [5.74, 6) is 0.503. The quantitative estimate of drug-likeness (QED) is 0.608. The Labute approximate surface area is 132 Å². The van der Waals surface area contributed by atoms with Gasteiger partial charge in [-0.3, -0.25) is 14.9 Å². The van der Waals surface area contributed by atoms with Crippen molar-refractivity contribution >= 4 is 28.8 Å². The summed E-state index contributed by atoms with van der Waals surface area (Å²) in [4.78, 5) is 25.6. The van der Waals surface area contributed by atoms with E-state index in [2.05, 4.69) is 4.98 Å². The van der Waals surface area contributed by atoms with Crippen molar-refractivity contribution < 1.29 is 14.8 Å². The molecule has 0 aliphatic carbocycles. The number of aromatic amines is 1. The van der Waals surface area contributed by atoms with Gasteiger partial charge >= 0.3 is 4.87 Å². The number of fused-ring (bicyclic) bond motifs is 5. The zero-order valence-corrected chi connectivity index (χ0v) is 12.6. The first-order valence-electron chi connectivity index (χ1n) is 6.53. The van der Waals surface area contributed by atoms with E-state index in [9.17, 15) is 20.0 Å². The second kappa shape index (κ2) is 4.83. The van der Waals surface area contributed by atoms with Crippen molar-refractivity contribution in [2.75, 3.05) is 5.75 Å². The maximum Gasteiger partial charge on any atom is 0.305 e. The van der Waals surface area contributed by atoms with Crippen LogP contribution in [-0.2, 0) is 0 Å². The number of aliphatic hydroxyl groups excluding tert-OH is 1. The Kier molecular flexibility index (Phi) is 3.03. The first-order chi connectivity index (χ1) is 10.5. The molecule has 1 aromatic heterocycles. The Morgan fingerprint density at radius 1 is 1.45 bits per heavy atom. The molecule has 0 radical (unpaired) electrons. The average Bonchev–Trinajstić information content (AvgIpc) is 2.86. The van der Waals surface area contributed by atoms with Gasteiger partial charge in [-0.2, -0.15) is 0 Å². The molecule has 2 N–H and O–H groups in total. The third-order valence-corrected chi connectivity index (χ3v) is 6.18. The molecule has 0 unspecified atom stereocenters. The summed E-state index contributed by atoms with van der Waals surface area (Å²) in [5, 5.41) is 22.0. The molecule has 1 aromatic carbocycles. The molecule has 114 valence electrons. The van der Waals surface area contributed by atoms with Gasteiger partial charge in [-0.1, -0.05) is 11.3 Å². The van der Waals surface area contributed by atoms with E-state index in [4.69, 9.17) is 4.74 Å². The second-order valence-corrected chi connectivity index (χ2v) is 7.19. The number of hydrogen-bond donors (Lipinski definition) is 2. The summed E-state index contributed by atoms with van der Waals surface area (Å²) in [6.07, 6.45) is -0.989. The molecule has 3 atom stereocenters. The predicted molar refractivity (Wildman–Crippen MR) is 80.7 cm³/mol. The number of H-pyrrole nitrogens is 1. The molecular formula is C13H10N2O5S2. The molecule has 0 amide bonds. The summed E-state index contributed by atoms with van der Waals surface area (Å²) < 4.78 is 5.49. The van der Waals surface area contributed by atoms with E-state index in [0.29, 0.717) is 17.1 Å². The number of thioether (sulfide) groups is 1. The topological polar surface area (TPSA) is 105 Å². The smallest absolute Gasteiger partial charge is 0.305 e. The Bertz CT molecular complexity index is 830. The van der Waals surface area contributed by atoms with E-state index in [1.807, 2.05) is 0 Å². The van der Waals surface area contributed by atoms with Crippen LogP contribution in [0.4, 0.5) is 5.69 Å². The number of nitro benzene ring substituents is 1. The minimum Gasteiger partial charge on any atom is -0.464 e. The lowest BCUT2D eigenvalue weighted by molar-refractivity contribution is -0.385. The summed E-state index contributed by atoms with van der Waals surface area (Å²) in [6, 6.07) is 4.33. The van der Waals surface area contributed by atoms with Gasteiger partial charge in [0.25, 0.3) is 5.69 Å². The molecule has 22 heavy (non-hydrogen) atoms. The highest BCUT2D eigenvalue weighted by molar-refractivity contribution is 7.99. The van der Waals surface area contributed by atoms with Crippen molar-refractivity contribution in [3.63, 3.8) is 0 Å². The molecule has 0 spiro atoms. The van der Waals surface area contributed by atoms with E-state index in [-0.39, 0.29) is 22.4 Å². The van der Waals surface area contributed by atoms with Crippen LogP contribution in [0.3, 0.4) is 0 Å². The van der Waals surface area contributed by atoms with Gasteiger partial charge in [-0.25, -0.2) is 0 Å². The van der Waals surface area contributed by atoms with E-state index >= 15 is 0 Å². The molecule has 0 saturated carbocycles.